The molecule has 0 radical (unpaired) electrons. The summed E-state index contributed by atoms with van der Waals surface area (Å²) in [6.07, 6.45) is 10.4. The van der Waals surface area contributed by atoms with E-state index in [1.54, 1.807) is 0 Å². The molecule has 0 bridgehead atoms. The molecule has 0 saturated heterocycles. The van der Waals surface area contributed by atoms with Crippen LogP contribution in [-0.4, -0.2) is 21.8 Å². The zero-order valence-corrected chi connectivity index (χ0v) is 14.8. The van der Waals surface area contributed by atoms with E-state index in [1.807, 2.05) is 24.3 Å². The Morgan fingerprint density at radius 1 is 1.00 bits per heavy atom. The summed E-state index contributed by atoms with van der Waals surface area (Å²) in [6, 6.07) is 7.65. The van der Waals surface area contributed by atoms with Crippen LogP contribution in [0.2, 0.25) is 0 Å². The SMILES string of the molecule is CCCCCCCCOc1ccc(-c2ncc(C(=O)Cl)cn2)cc1. The molecule has 1 aromatic heterocycles. The molecule has 2 aromatic rings. The maximum atomic E-state index is 11.0. The van der Waals surface area contributed by atoms with Gasteiger partial charge in [-0.1, -0.05) is 39.0 Å². The predicted octanol–water partition coefficient (Wildman–Crippen LogP) is 5.26. The highest BCUT2D eigenvalue weighted by molar-refractivity contribution is 6.67. The Hall–Kier alpha value is -1.94. The van der Waals surface area contributed by atoms with E-state index in [2.05, 4.69) is 16.9 Å². The molecule has 0 saturated carbocycles. The quantitative estimate of drug-likeness (QED) is 0.435. The lowest BCUT2D eigenvalue weighted by Crippen LogP contribution is -1.98. The minimum Gasteiger partial charge on any atom is -0.494 e. The second kappa shape index (κ2) is 10.0. The molecule has 1 aromatic carbocycles. The van der Waals surface area contributed by atoms with Crippen LogP contribution >= 0.6 is 11.6 Å². The van der Waals surface area contributed by atoms with Crippen LogP contribution in [0.25, 0.3) is 11.4 Å². The summed E-state index contributed by atoms with van der Waals surface area (Å²) >= 11 is 5.38. The van der Waals surface area contributed by atoms with Crippen molar-refractivity contribution in [3.8, 4) is 17.1 Å². The van der Waals surface area contributed by atoms with E-state index < -0.39 is 5.24 Å². The fourth-order valence-electron chi connectivity index (χ4n) is 2.35. The van der Waals surface area contributed by atoms with Gasteiger partial charge in [-0.2, -0.15) is 0 Å². The number of unbranched alkanes of at least 4 members (excludes halogenated alkanes) is 5. The lowest BCUT2D eigenvalue weighted by atomic mass is 10.1. The Balaban J connectivity index is 1.79. The van der Waals surface area contributed by atoms with Gasteiger partial charge in [0.05, 0.1) is 12.2 Å². The van der Waals surface area contributed by atoms with Crippen LogP contribution in [0.3, 0.4) is 0 Å². The standard InChI is InChI=1S/C19H23ClN2O2/c1-2-3-4-5-6-7-12-24-17-10-8-15(9-11-17)19-21-13-16(14-22-19)18(20)23/h8-11,13-14H,2-7,12H2,1H3. The smallest absolute Gasteiger partial charge is 0.255 e. The molecule has 0 amide bonds. The summed E-state index contributed by atoms with van der Waals surface area (Å²) in [5.74, 6) is 1.40. The van der Waals surface area contributed by atoms with Crippen LogP contribution < -0.4 is 4.74 Å². The lowest BCUT2D eigenvalue weighted by Gasteiger charge is -2.07. The molecule has 0 fully saturated rings. The van der Waals surface area contributed by atoms with Gasteiger partial charge < -0.3 is 4.74 Å². The molecule has 4 nitrogen and oxygen atoms in total. The Labute approximate surface area is 148 Å². The molecule has 0 aliphatic heterocycles. The largest absolute Gasteiger partial charge is 0.494 e. The van der Waals surface area contributed by atoms with Crippen molar-refractivity contribution >= 4 is 16.8 Å². The average molecular weight is 347 g/mol. The van der Waals surface area contributed by atoms with E-state index in [0.29, 0.717) is 11.4 Å². The van der Waals surface area contributed by atoms with Crippen LogP contribution in [0.5, 0.6) is 5.75 Å². The number of carbonyl (C=O) groups excluding carboxylic acids is 1. The number of carbonyl (C=O) groups is 1. The van der Waals surface area contributed by atoms with Gasteiger partial charge in [0.2, 0.25) is 0 Å². The highest BCUT2D eigenvalue weighted by Gasteiger charge is 2.05. The first-order chi connectivity index (χ1) is 11.7. The zero-order chi connectivity index (χ0) is 17.2. The zero-order valence-electron chi connectivity index (χ0n) is 14.0. The third-order valence-electron chi connectivity index (χ3n) is 3.76. The molecule has 0 atom stereocenters. The van der Waals surface area contributed by atoms with Gasteiger partial charge in [0.1, 0.15) is 5.75 Å². The van der Waals surface area contributed by atoms with Gasteiger partial charge >= 0.3 is 0 Å². The Kier molecular flexibility index (Phi) is 7.69. The third-order valence-corrected chi connectivity index (χ3v) is 3.98. The fourth-order valence-corrected chi connectivity index (χ4v) is 2.45. The molecule has 0 spiro atoms. The van der Waals surface area contributed by atoms with E-state index in [-0.39, 0.29) is 0 Å². The summed E-state index contributed by atoms with van der Waals surface area (Å²) in [5, 5.41) is -0.556. The van der Waals surface area contributed by atoms with Gasteiger partial charge in [-0.05, 0) is 42.3 Å². The van der Waals surface area contributed by atoms with Crippen LogP contribution in [0, 0.1) is 0 Å². The average Bonchev–Trinajstić information content (AvgIpc) is 2.61. The fraction of sp³-hybridized carbons (Fsp3) is 0.421. The number of hydrogen-bond donors (Lipinski definition) is 0. The van der Waals surface area contributed by atoms with Gasteiger partial charge in [-0.25, -0.2) is 9.97 Å². The number of aromatic nitrogens is 2. The second-order valence-electron chi connectivity index (χ2n) is 5.71. The summed E-state index contributed by atoms with van der Waals surface area (Å²) < 4.78 is 5.75. The van der Waals surface area contributed by atoms with Crippen molar-refractivity contribution < 1.29 is 9.53 Å². The number of nitrogens with zero attached hydrogens (tertiary/aromatic N) is 2. The molecule has 5 heteroatoms. The molecule has 0 aliphatic carbocycles. The van der Waals surface area contributed by atoms with E-state index in [9.17, 15) is 4.79 Å². The van der Waals surface area contributed by atoms with Crippen LogP contribution in [0.15, 0.2) is 36.7 Å². The van der Waals surface area contributed by atoms with E-state index >= 15 is 0 Å². The molecule has 0 aliphatic rings. The Morgan fingerprint density at radius 3 is 2.25 bits per heavy atom. The van der Waals surface area contributed by atoms with E-state index in [4.69, 9.17) is 16.3 Å². The minimum atomic E-state index is -0.556. The molecular formula is C19H23ClN2O2. The maximum Gasteiger partial charge on any atom is 0.255 e. The maximum absolute atomic E-state index is 11.0. The Morgan fingerprint density at radius 2 is 1.62 bits per heavy atom. The first kappa shape index (κ1) is 18.4. The summed E-state index contributed by atoms with van der Waals surface area (Å²) in [7, 11) is 0. The van der Waals surface area contributed by atoms with Crippen molar-refractivity contribution in [3.63, 3.8) is 0 Å². The molecule has 0 N–H and O–H groups in total. The molecule has 2 rings (SSSR count). The number of benzene rings is 1. The number of ether oxygens (including phenoxy) is 1. The third kappa shape index (κ3) is 5.93. The van der Waals surface area contributed by atoms with Gasteiger partial charge in [0, 0.05) is 18.0 Å². The molecule has 24 heavy (non-hydrogen) atoms. The number of halogens is 1. The minimum absolute atomic E-state index is 0.291. The first-order valence-corrected chi connectivity index (χ1v) is 8.83. The normalized spacial score (nSPS) is 10.6. The van der Waals surface area contributed by atoms with Gasteiger partial charge in [-0.15, -0.1) is 0 Å². The van der Waals surface area contributed by atoms with Gasteiger partial charge in [0.25, 0.3) is 5.24 Å². The van der Waals surface area contributed by atoms with Gasteiger partial charge in [0.15, 0.2) is 5.82 Å². The highest BCUT2D eigenvalue weighted by atomic mass is 35.5. The van der Waals surface area contributed by atoms with Crippen molar-refractivity contribution in [1.82, 2.24) is 9.97 Å². The number of rotatable bonds is 10. The molecule has 128 valence electrons. The van der Waals surface area contributed by atoms with Crippen molar-refractivity contribution in [1.29, 1.82) is 0 Å². The van der Waals surface area contributed by atoms with E-state index in [0.717, 1.165) is 24.3 Å². The van der Waals surface area contributed by atoms with Crippen molar-refractivity contribution in [2.75, 3.05) is 6.61 Å². The van der Waals surface area contributed by atoms with Crippen molar-refractivity contribution in [2.45, 2.75) is 45.4 Å². The van der Waals surface area contributed by atoms with Gasteiger partial charge in [-0.3, -0.25) is 4.79 Å². The summed E-state index contributed by atoms with van der Waals surface area (Å²) in [6.45, 7) is 2.97. The molecular weight excluding hydrogens is 324 g/mol. The first-order valence-electron chi connectivity index (χ1n) is 8.46. The highest BCUT2D eigenvalue weighted by Crippen LogP contribution is 2.19. The second-order valence-corrected chi connectivity index (χ2v) is 6.05. The van der Waals surface area contributed by atoms with Crippen LogP contribution in [-0.2, 0) is 0 Å². The molecule has 0 unspecified atom stereocenters. The lowest BCUT2D eigenvalue weighted by molar-refractivity contribution is 0.108. The van der Waals surface area contributed by atoms with E-state index in [1.165, 1.54) is 44.5 Å². The summed E-state index contributed by atoms with van der Waals surface area (Å²) in [4.78, 5) is 19.3. The topological polar surface area (TPSA) is 52.1 Å². The predicted molar refractivity (Wildman–Crippen MR) is 96.5 cm³/mol. The Bertz CT molecular complexity index is 627. The monoisotopic (exact) mass is 346 g/mol. The van der Waals surface area contributed by atoms with Crippen LogP contribution in [0.1, 0.15) is 55.8 Å². The number of hydrogen-bond acceptors (Lipinski definition) is 4. The summed E-state index contributed by atoms with van der Waals surface area (Å²) in [5.41, 5.74) is 1.16. The van der Waals surface area contributed by atoms with Crippen LogP contribution in [0.4, 0.5) is 0 Å². The van der Waals surface area contributed by atoms with Crippen molar-refractivity contribution in [2.24, 2.45) is 0 Å². The van der Waals surface area contributed by atoms with Crippen molar-refractivity contribution in [3.05, 3.63) is 42.2 Å². The molecule has 1 heterocycles.